The van der Waals surface area contributed by atoms with Crippen LogP contribution in [0.4, 0.5) is 0 Å². The monoisotopic (exact) mass is 609 g/mol. The van der Waals surface area contributed by atoms with Crippen molar-refractivity contribution in [3.8, 4) is 11.4 Å². The lowest BCUT2D eigenvalue weighted by Crippen LogP contribution is -2.55. The largest absolute Gasteiger partial charge is 0.497 e. The Hall–Kier alpha value is -4.11. The molecule has 228 valence electrons. The fraction of sp³-hybridized carbons (Fsp3) is 0.371. The molecule has 3 unspecified atom stereocenters. The molecule has 8 nitrogen and oxygen atoms in total. The molecule has 0 spiro atoms. The van der Waals surface area contributed by atoms with E-state index in [2.05, 4.69) is 46.0 Å². The number of aromatic nitrogens is 3. The summed E-state index contributed by atoms with van der Waals surface area (Å²) in [6, 6.07) is 28.5. The van der Waals surface area contributed by atoms with Gasteiger partial charge >= 0.3 is 0 Å². The topological polar surface area (TPSA) is 80.6 Å². The van der Waals surface area contributed by atoms with Gasteiger partial charge in [-0.15, -0.1) is 10.2 Å². The van der Waals surface area contributed by atoms with E-state index in [4.69, 9.17) is 4.74 Å². The first-order chi connectivity index (χ1) is 21.5. The Kier molecular flexibility index (Phi) is 9.31. The molecule has 2 amide bonds. The average molecular weight is 610 g/mol. The minimum atomic E-state index is 0.0256. The molecule has 4 aromatic rings. The Bertz CT molecular complexity index is 1560. The van der Waals surface area contributed by atoms with E-state index < -0.39 is 0 Å². The smallest absolute Gasteiger partial charge is 0.226 e. The maximum atomic E-state index is 13.2. The number of hydrogen-bond donors (Lipinski definition) is 0. The number of methoxy groups -OCH3 is 1. The molecule has 1 aliphatic heterocycles. The molecule has 3 atom stereocenters. The van der Waals surface area contributed by atoms with E-state index >= 15 is 0 Å². The van der Waals surface area contributed by atoms with Crippen LogP contribution in [0, 0.1) is 5.92 Å². The van der Waals surface area contributed by atoms with Gasteiger partial charge in [0, 0.05) is 55.9 Å². The van der Waals surface area contributed by atoms with E-state index in [1.807, 2.05) is 70.5 Å². The lowest BCUT2D eigenvalue weighted by atomic mass is 10.1. The molecular formula is C35H39N5O3S. The molecule has 0 bridgehead atoms. The van der Waals surface area contributed by atoms with Crippen molar-refractivity contribution in [1.29, 1.82) is 0 Å². The highest BCUT2D eigenvalue weighted by molar-refractivity contribution is 7.99. The number of amides is 2. The van der Waals surface area contributed by atoms with Crippen LogP contribution in [0.2, 0.25) is 0 Å². The lowest BCUT2D eigenvalue weighted by molar-refractivity contribution is -0.143. The van der Waals surface area contributed by atoms with Crippen LogP contribution in [-0.2, 0) is 16.0 Å². The summed E-state index contributed by atoms with van der Waals surface area (Å²) >= 11 is 1.62. The van der Waals surface area contributed by atoms with Crippen LogP contribution in [0.5, 0.6) is 5.75 Å². The molecule has 2 fully saturated rings. The van der Waals surface area contributed by atoms with E-state index in [1.54, 1.807) is 18.9 Å². The Morgan fingerprint density at radius 1 is 0.932 bits per heavy atom. The first-order valence-corrected chi connectivity index (χ1v) is 16.4. The van der Waals surface area contributed by atoms with Gasteiger partial charge in [0.15, 0.2) is 5.16 Å². The average Bonchev–Trinajstić information content (AvgIpc) is 3.78. The van der Waals surface area contributed by atoms with Crippen molar-refractivity contribution in [2.24, 2.45) is 5.92 Å². The molecule has 1 aromatic heterocycles. The van der Waals surface area contributed by atoms with Gasteiger partial charge in [-0.05, 0) is 61.1 Å². The van der Waals surface area contributed by atoms with Gasteiger partial charge in [-0.2, -0.15) is 0 Å². The maximum absolute atomic E-state index is 13.2. The number of hydrogen-bond acceptors (Lipinski definition) is 6. The fourth-order valence-corrected chi connectivity index (χ4v) is 6.99. The van der Waals surface area contributed by atoms with Gasteiger partial charge in [0.05, 0.1) is 7.11 Å². The third-order valence-corrected chi connectivity index (χ3v) is 9.62. The van der Waals surface area contributed by atoms with Crippen molar-refractivity contribution in [2.45, 2.75) is 49.7 Å². The summed E-state index contributed by atoms with van der Waals surface area (Å²) in [4.78, 5) is 30.3. The van der Waals surface area contributed by atoms with Gasteiger partial charge < -0.3 is 14.5 Å². The second-order valence-electron chi connectivity index (χ2n) is 11.6. The number of piperazine rings is 1. The Morgan fingerprint density at radius 3 is 2.36 bits per heavy atom. The quantitative estimate of drug-likeness (QED) is 0.163. The third-order valence-electron chi connectivity index (χ3n) is 8.60. The predicted octanol–water partition coefficient (Wildman–Crippen LogP) is 5.60. The first-order valence-electron chi connectivity index (χ1n) is 15.4. The third kappa shape index (κ3) is 6.83. The van der Waals surface area contributed by atoms with Crippen LogP contribution in [0.3, 0.4) is 0 Å². The summed E-state index contributed by atoms with van der Waals surface area (Å²) in [5, 5.41) is 9.88. The van der Waals surface area contributed by atoms with E-state index in [-0.39, 0.29) is 23.8 Å². The van der Waals surface area contributed by atoms with Crippen molar-refractivity contribution in [1.82, 2.24) is 24.6 Å². The molecule has 9 heteroatoms. The molecule has 0 radical (unpaired) electrons. The van der Waals surface area contributed by atoms with Gasteiger partial charge in [-0.25, -0.2) is 0 Å². The molecule has 1 saturated carbocycles. The van der Waals surface area contributed by atoms with E-state index in [0.29, 0.717) is 38.4 Å². The molecule has 3 aromatic carbocycles. The predicted molar refractivity (Wildman–Crippen MR) is 172 cm³/mol. The van der Waals surface area contributed by atoms with E-state index in [0.717, 1.165) is 41.0 Å². The summed E-state index contributed by atoms with van der Waals surface area (Å²) in [6.45, 7) is 3.86. The van der Waals surface area contributed by atoms with Crippen molar-refractivity contribution >= 4 is 23.6 Å². The summed E-state index contributed by atoms with van der Waals surface area (Å²) < 4.78 is 7.45. The summed E-state index contributed by atoms with van der Waals surface area (Å²) in [5.41, 5.74) is 3.39. The highest BCUT2D eigenvalue weighted by atomic mass is 32.2. The van der Waals surface area contributed by atoms with Gasteiger partial charge in [-0.1, -0.05) is 72.4 Å². The maximum Gasteiger partial charge on any atom is 0.226 e. The summed E-state index contributed by atoms with van der Waals surface area (Å²) in [7, 11) is 1.66. The van der Waals surface area contributed by atoms with Crippen molar-refractivity contribution < 1.29 is 14.3 Å². The minimum absolute atomic E-state index is 0.0256. The van der Waals surface area contributed by atoms with Crippen LogP contribution in [0.15, 0.2) is 90.1 Å². The first kappa shape index (κ1) is 29.9. The summed E-state index contributed by atoms with van der Waals surface area (Å²) in [5.74, 6) is 3.21. The molecular weight excluding hydrogens is 570 g/mol. The number of carbonyl (C=O) groups excluding carboxylic acids is 2. The molecule has 2 heterocycles. The zero-order valence-electron chi connectivity index (χ0n) is 25.3. The number of benzene rings is 3. The van der Waals surface area contributed by atoms with E-state index in [1.165, 1.54) is 11.1 Å². The number of thioether (sulfide) groups is 1. The highest BCUT2D eigenvalue weighted by Crippen LogP contribution is 2.48. The zero-order valence-corrected chi connectivity index (χ0v) is 26.2. The second-order valence-corrected chi connectivity index (χ2v) is 12.7. The standard InChI is InChI=1S/C35H39N5O3S/c1-25-24-38(19-20-39(25)34(42)31-23-30(31)27-12-7-4-8-13-27)33(41)14-9-21-44-35-37-36-32(22-26-10-5-3-6-11-26)40(35)28-15-17-29(43-2)18-16-28/h3-8,10-13,15-18,25,30-31H,9,14,19-24H2,1-2H3. The van der Waals surface area contributed by atoms with E-state index in [9.17, 15) is 9.59 Å². The number of ether oxygens (including phenoxy) is 1. The molecule has 1 saturated heterocycles. The molecule has 44 heavy (non-hydrogen) atoms. The van der Waals surface area contributed by atoms with Crippen LogP contribution < -0.4 is 4.74 Å². The van der Waals surface area contributed by atoms with Crippen LogP contribution >= 0.6 is 11.8 Å². The molecule has 0 N–H and O–H groups in total. The highest BCUT2D eigenvalue weighted by Gasteiger charge is 2.47. The number of rotatable bonds is 11. The molecule has 1 aliphatic carbocycles. The van der Waals surface area contributed by atoms with Gasteiger partial charge in [-0.3, -0.25) is 14.2 Å². The number of carbonyl (C=O) groups is 2. The Balaban J connectivity index is 1.01. The zero-order chi connectivity index (χ0) is 30.5. The normalized spacial score (nSPS) is 19.5. The van der Waals surface area contributed by atoms with Crippen LogP contribution in [-0.4, -0.2) is 74.9 Å². The van der Waals surface area contributed by atoms with Gasteiger partial charge in [0.25, 0.3) is 0 Å². The fourth-order valence-electron chi connectivity index (χ4n) is 6.08. The Morgan fingerprint density at radius 2 is 1.66 bits per heavy atom. The van der Waals surface area contributed by atoms with Gasteiger partial charge in [0.2, 0.25) is 11.8 Å². The Labute approximate surface area is 263 Å². The van der Waals surface area contributed by atoms with Crippen LogP contribution in [0.1, 0.15) is 49.1 Å². The van der Waals surface area contributed by atoms with Crippen molar-refractivity contribution in [3.05, 3.63) is 102 Å². The van der Waals surface area contributed by atoms with Crippen LogP contribution in [0.25, 0.3) is 5.69 Å². The summed E-state index contributed by atoms with van der Waals surface area (Å²) in [6.07, 6.45) is 2.80. The molecule has 2 aliphatic rings. The second kappa shape index (κ2) is 13.7. The van der Waals surface area contributed by atoms with Gasteiger partial charge in [0.1, 0.15) is 11.6 Å². The molecule has 6 rings (SSSR count). The van der Waals surface area contributed by atoms with Crippen molar-refractivity contribution in [2.75, 3.05) is 32.5 Å². The number of nitrogens with zero attached hydrogens (tertiary/aromatic N) is 5. The SMILES string of the molecule is COc1ccc(-n2c(Cc3ccccc3)nnc2SCCCC(=O)N2CCN(C(=O)C3CC3c3ccccc3)C(C)C2)cc1. The van der Waals surface area contributed by atoms with Crippen molar-refractivity contribution in [3.63, 3.8) is 0 Å². The lowest BCUT2D eigenvalue weighted by Gasteiger charge is -2.40. The minimum Gasteiger partial charge on any atom is -0.497 e.